The molecule has 5 heteroatoms. The highest BCUT2D eigenvalue weighted by molar-refractivity contribution is 6.01. The summed E-state index contributed by atoms with van der Waals surface area (Å²) in [4.78, 5) is 11.9. The van der Waals surface area contributed by atoms with E-state index in [1.165, 1.54) is 0 Å². The van der Waals surface area contributed by atoms with Crippen LogP contribution in [-0.2, 0) is 9.47 Å². The number of anilines is 1. The van der Waals surface area contributed by atoms with Crippen molar-refractivity contribution in [3.05, 3.63) is 42.5 Å². The van der Waals surface area contributed by atoms with E-state index in [9.17, 15) is 4.79 Å². The molecule has 0 bridgehead atoms. The Balaban J connectivity index is 1.75. The Hall–Kier alpha value is -2.11. The van der Waals surface area contributed by atoms with E-state index in [0.29, 0.717) is 26.4 Å². The zero-order valence-electron chi connectivity index (χ0n) is 12.8. The predicted octanol–water partition coefficient (Wildman–Crippen LogP) is 3.01. The van der Waals surface area contributed by atoms with Crippen LogP contribution >= 0.6 is 0 Å². The highest BCUT2D eigenvalue weighted by Gasteiger charge is 2.04. The minimum atomic E-state index is -0.201. The van der Waals surface area contributed by atoms with Crippen LogP contribution in [0.4, 0.5) is 10.5 Å². The molecule has 0 aliphatic rings. The largest absolute Gasteiger partial charge is 0.382 e. The van der Waals surface area contributed by atoms with Crippen molar-refractivity contribution in [3.63, 3.8) is 0 Å². The molecular formula is C17H22N2O3. The number of amides is 2. The number of methoxy groups -OCH3 is 1. The standard InChI is InChI=1S/C17H22N2O3/c1-21-12-13-22-11-5-10-18-17(20)19-16-9-4-7-14-6-2-3-8-15(14)16/h2-4,6-9H,5,10-13H2,1H3,(H2,18,19,20). The fourth-order valence-corrected chi connectivity index (χ4v) is 2.12. The van der Waals surface area contributed by atoms with Crippen molar-refractivity contribution >= 4 is 22.5 Å². The quantitative estimate of drug-likeness (QED) is 0.737. The van der Waals surface area contributed by atoms with Crippen molar-refractivity contribution in [2.75, 3.05) is 38.8 Å². The molecule has 2 aromatic carbocycles. The third kappa shape index (κ3) is 5.02. The number of rotatable bonds is 8. The molecule has 0 unspecified atom stereocenters. The highest BCUT2D eigenvalue weighted by Crippen LogP contribution is 2.22. The molecule has 0 spiro atoms. The van der Waals surface area contributed by atoms with E-state index in [2.05, 4.69) is 10.6 Å². The lowest BCUT2D eigenvalue weighted by molar-refractivity contribution is 0.0697. The summed E-state index contributed by atoms with van der Waals surface area (Å²) in [7, 11) is 1.64. The van der Waals surface area contributed by atoms with Gasteiger partial charge >= 0.3 is 6.03 Å². The average Bonchev–Trinajstić information content (AvgIpc) is 2.54. The van der Waals surface area contributed by atoms with Gasteiger partial charge in [-0.3, -0.25) is 0 Å². The molecule has 22 heavy (non-hydrogen) atoms. The van der Waals surface area contributed by atoms with Crippen LogP contribution in [0.2, 0.25) is 0 Å². The number of fused-ring (bicyclic) bond motifs is 1. The van der Waals surface area contributed by atoms with E-state index >= 15 is 0 Å². The minimum absolute atomic E-state index is 0.201. The lowest BCUT2D eigenvalue weighted by atomic mass is 10.1. The van der Waals surface area contributed by atoms with Gasteiger partial charge in [0.1, 0.15) is 0 Å². The lowest BCUT2D eigenvalue weighted by Gasteiger charge is -2.10. The van der Waals surface area contributed by atoms with E-state index in [1.807, 2.05) is 42.5 Å². The van der Waals surface area contributed by atoms with E-state index in [-0.39, 0.29) is 6.03 Å². The summed E-state index contributed by atoms with van der Waals surface area (Å²) in [6, 6.07) is 13.6. The van der Waals surface area contributed by atoms with Gasteiger partial charge in [0.05, 0.1) is 18.9 Å². The molecule has 0 fully saturated rings. The average molecular weight is 302 g/mol. The second kappa shape index (κ2) is 9.02. The molecule has 0 radical (unpaired) electrons. The third-order valence-electron chi connectivity index (χ3n) is 3.22. The molecule has 2 amide bonds. The van der Waals surface area contributed by atoms with Gasteiger partial charge in [-0.25, -0.2) is 4.79 Å². The molecule has 118 valence electrons. The fraction of sp³-hybridized carbons (Fsp3) is 0.353. The van der Waals surface area contributed by atoms with Crippen molar-refractivity contribution in [1.82, 2.24) is 5.32 Å². The maximum absolute atomic E-state index is 11.9. The van der Waals surface area contributed by atoms with E-state index in [1.54, 1.807) is 7.11 Å². The van der Waals surface area contributed by atoms with Crippen LogP contribution in [0.5, 0.6) is 0 Å². The maximum atomic E-state index is 11.9. The Morgan fingerprint density at radius 3 is 2.73 bits per heavy atom. The first-order valence-corrected chi connectivity index (χ1v) is 7.40. The van der Waals surface area contributed by atoms with Gasteiger partial charge in [0.2, 0.25) is 0 Å². The van der Waals surface area contributed by atoms with Crippen molar-refractivity contribution in [2.45, 2.75) is 6.42 Å². The second-order valence-corrected chi connectivity index (χ2v) is 4.87. The molecule has 0 saturated heterocycles. The van der Waals surface area contributed by atoms with Crippen molar-refractivity contribution < 1.29 is 14.3 Å². The number of benzene rings is 2. The molecule has 2 aromatic rings. The van der Waals surface area contributed by atoms with Gasteiger partial charge in [-0.1, -0.05) is 36.4 Å². The van der Waals surface area contributed by atoms with Gasteiger partial charge in [-0.15, -0.1) is 0 Å². The third-order valence-corrected chi connectivity index (χ3v) is 3.22. The lowest BCUT2D eigenvalue weighted by Crippen LogP contribution is -2.30. The molecule has 0 heterocycles. The Morgan fingerprint density at radius 2 is 1.86 bits per heavy atom. The van der Waals surface area contributed by atoms with Crippen LogP contribution in [0.1, 0.15) is 6.42 Å². The van der Waals surface area contributed by atoms with Gasteiger partial charge in [-0.05, 0) is 17.9 Å². The second-order valence-electron chi connectivity index (χ2n) is 4.87. The first-order valence-electron chi connectivity index (χ1n) is 7.40. The highest BCUT2D eigenvalue weighted by atomic mass is 16.5. The summed E-state index contributed by atoms with van der Waals surface area (Å²) < 4.78 is 10.2. The molecule has 0 aliphatic carbocycles. The van der Waals surface area contributed by atoms with Gasteiger partial charge in [0, 0.05) is 25.6 Å². The summed E-state index contributed by atoms with van der Waals surface area (Å²) in [5.41, 5.74) is 0.812. The predicted molar refractivity (Wildman–Crippen MR) is 88.3 cm³/mol. The zero-order valence-corrected chi connectivity index (χ0v) is 12.8. The van der Waals surface area contributed by atoms with E-state index in [4.69, 9.17) is 9.47 Å². The van der Waals surface area contributed by atoms with Crippen molar-refractivity contribution in [3.8, 4) is 0 Å². The Kier molecular flexibility index (Phi) is 6.67. The van der Waals surface area contributed by atoms with Gasteiger partial charge < -0.3 is 20.1 Å². The van der Waals surface area contributed by atoms with Gasteiger partial charge in [-0.2, -0.15) is 0 Å². The molecule has 2 rings (SSSR count). The van der Waals surface area contributed by atoms with Crippen LogP contribution in [0, 0.1) is 0 Å². The SMILES string of the molecule is COCCOCCCNC(=O)Nc1cccc2ccccc12. The Morgan fingerprint density at radius 1 is 1.05 bits per heavy atom. The molecular weight excluding hydrogens is 280 g/mol. The minimum Gasteiger partial charge on any atom is -0.382 e. The van der Waals surface area contributed by atoms with E-state index in [0.717, 1.165) is 22.9 Å². The van der Waals surface area contributed by atoms with Crippen LogP contribution in [0.3, 0.4) is 0 Å². The monoisotopic (exact) mass is 302 g/mol. The van der Waals surface area contributed by atoms with Crippen LogP contribution < -0.4 is 10.6 Å². The smallest absolute Gasteiger partial charge is 0.319 e. The summed E-state index contributed by atoms with van der Waals surface area (Å²) in [5, 5.41) is 7.84. The Labute approximate surface area is 130 Å². The van der Waals surface area contributed by atoms with Crippen molar-refractivity contribution in [2.24, 2.45) is 0 Å². The fourth-order valence-electron chi connectivity index (χ4n) is 2.12. The molecule has 5 nitrogen and oxygen atoms in total. The van der Waals surface area contributed by atoms with Crippen LogP contribution in [0.25, 0.3) is 10.8 Å². The van der Waals surface area contributed by atoms with Gasteiger partial charge in [0.15, 0.2) is 0 Å². The first kappa shape index (κ1) is 16.3. The van der Waals surface area contributed by atoms with E-state index < -0.39 is 0 Å². The summed E-state index contributed by atoms with van der Waals surface area (Å²) in [6.45, 7) is 2.36. The Bertz CT molecular complexity index is 596. The number of ether oxygens (including phenoxy) is 2. The number of hydrogen-bond acceptors (Lipinski definition) is 3. The summed E-state index contributed by atoms with van der Waals surface area (Å²) >= 11 is 0. The molecule has 0 saturated carbocycles. The molecule has 0 aromatic heterocycles. The molecule has 0 aliphatic heterocycles. The molecule has 2 N–H and O–H groups in total. The number of carbonyl (C=O) groups is 1. The maximum Gasteiger partial charge on any atom is 0.319 e. The van der Waals surface area contributed by atoms with Gasteiger partial charge in [0.25, 0.3) is 0 Å². The normalized spacial score (nSPS) is 10.6. The summed E-state index contributed by atoms with van der Waals surface area (Å²) in [6.07, 6.45) is 0.771. The van der Waals surface area contributed by atoms with Crippen LogP contribution in [0.15, 0.2) is 42.5 Å². The summed E-state index contributed by atoms with van der Waals surface area (Å²) in [5.74, 6) is 0. The zero-order chi connectivity index (χ0) is 15.6. The number of carbonyl (C=O) groups excluding carboxylic acids is 1. The number of hydrogen-bond donors (Lipinski definition) is 2. The topological polar surface area (TPSA) is 59.6 Å². The van der Waals surface area contributed by atoms with Crippen LogP contribution in [-0.4, -0.2) is 39.5 Å². The number of urea groups is 1. The molecule has 0 atom stereocenters. The van der Waals surface area contributed by atoms with Crippen molar-refractivity contribution in [1.29, 1.82) is 0 Å². The number of nitrogens with one attached hydrogen (secondary N) is 2. The first-order chi connectivity index (χ1) is 10.8.